The summed E-state index contributed by atoms with van der Waals surface area (Å²) in [5, 5.41) is 4.28. The Kier molecular flexibility index (Phi) is 8.60. The molecule has 5 aromatic rings. The van der Waals surface area contributed by atoms with Gasteiger partial charge in [0.1, 0.15) is 23.2 Å². The molecule has 0 unspecified atom stereocenters. The maximum atomic E-state index is 3.94. The van der Waals surface area contributed by atoms with Gasteiger partial charge in [-0.15, -0.1) is 6.58 Å². The van der Waals surface area contributed by atoms with Crippen LogP contribution < -0.4 is 15.9 Å². The third-order valence-corrected chi connectivity index (χ3v) is 13.4. The van der Waals surface area contributed by atoms with Crippen LogP contribution in [-0.2, 0) is 6.16 Å². The number of benzene rings is 5. The van der Waals surface area contributed by atoms with Crippen LogP contribution in [0.4, 0.5) is 0 Å². The summed E-state index contributed by atoms with van der Waals surface area (Å²) in [5.41, 5.74) is 5.48. The smallest absolute Gasteiger partial charge is 0.103 e. The van der Waals surface area contributed by atoms with E-state index in [9.17, 15) is 0 Å². The van der Waals surface area contributed by atoms with Crippen molar-refractivity contribution in [1.29, 1.82) is 0 Å². The lowest BCUT2D eigenvalue weighted by Gasteiger charge is -2.28. The standard InChI is InChI=1S/C40H40P/c1-2-12-32-19-23-34(24-20-32)36-27-29-37(30-28-36)35-25-21-33(22-26-35)31-41(38-13-6-3-7-14-38,39-15-8-4-9-16-39)40-17-10-5-11-18-40/h2-11,13-18,21-22,25-30,32,34H,1,12,19-20,23-24,31H2/q+1. The van der Waals surface area contributed by atoms with E-state index >= 15 is 0 Å². The fourth-order valence-corrected chi connectivity index (χ4v) is 11.0. The van der Waals surface area contributed by atoms with Crippen LogP contribution in [0.5, 0.6) is 0 Å². The molecule has 1 aliphatic carbocycles. The maximum Gasteiger partial charge on any atom is 0.116 e. The average Bonchev–Trinajstić information content (AvgIpc) is 3.06. The van der Waals surface area contributed by atoms with Crippen LogP contribution in [0.3, 0.4) is 0 Å². The molecule has 41 heavy (non-hydrogen) atoms. The van der Waals surface area contributed by atoms with E-state index in [0.717, 1.165) is 12.1 Å². The quantitative estimate of drug-likeness (QED) is 0.126. The molecule has 5 aromatic carbocycles. The van der Waals surface area contributed by atoms with Gasteiger partial charge in [-0.2, -0.15) is 0 Å². The second-order valence-electron chi connectivity index (χ2n) is 11.5. The molecule has 0 nitrogen and oxygen atoms in total. The molecule has 0 N–H and O–H groups in total. The van der Waals surface area contributed by atoms with E-state index in [0.29, 0.717) is 5.92 Å². The van der Waals surface area contributed by atoms with Gasteiger partial charge in [0, 0.05) is 0 Å². The predicted molar refractivity (Wildman–Crippen MR) is 180 cm³/mol. The molecule has 0 saturated heterocycles. The van der Waals surface area contributed by atoms with Gasteiger partial charge < -0.3 is 0 Å². The largest absolute Gasteiger partial charge is 0.116 e. The van der Waals surface area contributed by atoms with Gasteiger partial charge in [0.15, 0.2) is 0 Å². The molecule has 0 bridgehead atoms. The monoisotopic (exact) mass is 551 g/mol. The fourth-order valence-electron chi connectivity index (χ4n) is 6.76. The summed E-state index contributed by atoms with van der Waals surface area (Å²) < 4.78 is 0. The summed E-state index contributed by atoms with van der Waals surface area (Å²) in [4.78, 5) is 0. The van der Waals surface area contributed by atoms with Crippen LogP contribution in [0.25, 0.3) is 11.1 Å². The van der Waals surface area contributed by atoms with E-state index in [1.165, 1.54) is 70.3 Å². The maximum absolute atomic E-state index is 3.94. The normalized spacial score (nSPS) is 17.2. The van der Waals surface area contributed by atoms with Crippen molar-refractivity contribution >= 4 is 23.2 Å². The minimum absolute atomic E-state index is 0.707. The molecule has 0 radical (unpaired) electrons. The third-order valence-electron chi connectivity index (χ3n) is 9.03. The summed E-state index contributed by atoms with van der Waals surface area (Å²) in [5.74, 6) is 1.55. The van der Waals surface area contributed by atoms with Crippen molar-refractivity contribution < 1.29 is 0 Å². The highest BCUT2D eigenvalue weighted by Gasteiger charge is 2.45. The Bertz CT molecular complexity index is 1420. The van der Waals surface area contributed by atoms with E-state index in [-0.39, 0.29) is 0 Å². The zero-order valence-corrected chi connectivity index (χ0v) is 24.8. The molecule has 1 aliphatic rings. The summed E-state index contributed by atoms with van der Waals surface area (Å²) >= 11 is 0. The van der Waals surface area contributed by atoms with Crippen molar-refractivity contribution in [2.24, 2.45) is 5.92 Å². The Labute approximate surface area is 247 Å². The molecule has 0 heterocycles. The lowest BCUT2D eigenvalue weighted by atomic mass is 9.77. The molecule has 0 atom stereocenters. The molecule has 1 heteroatoms. The van der Waals surface area contributed by atoms with Crippen molar-refractivity contribution in [1.82, 2.24) is 0 Å². The van der Waals surface area contributed by atoms with Gasteiger partial charge in [-0.05, 0) is 103 Å². The Balaban J connectivity index is 1.27. The number of rotatable bonds is 9. The second kappa shape index (κ2) is 12.8. The van der Waals surface area contributed by atoms with E-state index in [4.69, 9.17) is 0 Å². The van der Waals surface area contributed by atoms with Crippen LogP contribution in [0.15, 0.2) is 152 Å². The summed E-state index contributed by atoms with van der Waals surface area (Å²) in [6, 6.07) is 52.3. The lowest BCUT2D eigenvalue weighted by Crippen LogP contribution is -2.32. The van der Waals surface area contributed by atoms with Crippen molar-refractivity contribution in [2.75, 3.05) is 0 Å². The molecule has 0 aliphatic heterocycles. The van der Waals surface area contributed by atoms with Crippen LogP contribution >= 0.6 is 7.26 Å². The molecule has 1 fully saturated rings. The van der Waals surface area contributed by atoms with Gasteiger partial charge >= 0.3 is 0 Å². The molecular weight excluding hydrogens is 511 g/mol. The summed E-state index contributed by atoms with van der Waals surface area (Å²) in [7, 11) is -1.90. The van der Waals surface area contributed by atoms with E-state index in [1.54, 1.807) is 0 Å². The van der Waals surface area contributed by atoms with Crippen LogP contribution in [0.1, 0.15) is 49.1 Å². The van der Waals surface area contributed by atoms with Gasteiger partial charge in [-0.3, -0.25) is 0 Å². The first-order valence-corrected chi connectivity index (χ1v) is 17.1. The zero-order valence-electron chi connectivity index (χ0n) is 23.9. The topological polar surface area (TPSA) is 0 Å². The first kappa shape index (κ1) is 27.4. The minimum Gasteiger partial charge on any atom is -0.103 e. The lowest BCUT2D eigenvalue weighted by molar-refractivity contribution is 0.328. The Morgan fingerprint density at radius 3 is 1.41 bits per heavy atom. The molecular formula is C40H40P+. The molecule has 0 spiro atoms. The van der Waals surface area contributed by atoms with Crippen molar-refractivity contribution in [3.8, 4) is 11.1 Å². The van der Waals surface area contributed by atoms with Crippen molar-refractivity contribution in [2.45, 2.75) is 44.2 Å². The average molecular weight is 552 g/mol. The third kappa shape index (κ3) is 6.00. The number of hydrogen-bond acceptors (Lipinski definition) is 0. The molecule has 1 saturated carbocycles. The van der Waals surface area contributed by atoms with E-state index < -0.39 is 7.26 Å². The fraction of sp³-hybridized carbons (Fsp3) is 0.200. The highest BCUT2D eigenvalue weighted by molar-refractivity contribution is 7.95. The Morgan fingerprint density at radius 1 is 0.537 bits per heavy atom. The van der Waals surface area contributed by atoms with Crippen molar-refractivity contribution in [3.05, 3.63) is 163 Å². The highest BCUT2D eigenvalue weighted by atomic mass is 31.2. The zero-order chi connectivity index (χ0) is 27.9. The first-order valence-electron chi connectivity index (χ1n) is 15.1. The van der Waals surface area contributed by atoms with Crippen LogP contribution in [0, 0.1) is 5.92 Å². The summed E-state index contributed by atoms with van der Waals surface area (Å²) in [6.45, 7) is 3.94. The molecule has 6 rings (SSSR count). The van der Waals surface area contributed by atoms with E-state index in [2.05, 4.69) is 152 Å². The Hall–Kier alpha value is -3.73. The van der Waals surface area contributed by atoms with Crippen molar-refractivity contribution in [3.63, 3.8) is 0 Å². The predicted octanol–water partition coefficient (Wildman–Crippen LogP) is 9.70. The number of hydrogen-bond donors (Lipinski definition) is 0. The van der Waals surface area contributed by atoms with Crippen LogP contribution in [-0.4, -0.2) is 0 Å². The van der Waals surface area contributed by atoms with Gasteiger partial charge in [-0.25, -0.2) is 0 Å². The number of allylic oxidation sites excluding steroid dienone is 1. The first-order chi connectivity index (χ1) is 20.3. The van der Waals surface area contributed by atoms with Gasteiger partial charge in [0.25, 0.3) is 0 Å². The van der Waals surface area contributed by atoms with E-state index in [1.807, 2.05) is 0 Å². The molecule has 0 amide bonds. The van der Waals surface area contributed by atoms with Gasteiger partial charge in [-0.1, -0.05) is 109 Å². The van der Waals surface area contributed by atoms with Gasteiger partial charge in [0.05, 0.1) is 6.16 Å². The SMILES string of the molecule is C=CCC1CCC(c2ccc(-c3ccc(C[P+](c4ccccc4)(c4ccccc4)c4ccccc4)cc3)cc2)CC1. The molecule has 204 valence electrons. The highest BCUT2D eigenvalue weighted by Crippen LogP contribution is 2.58. The Morgan fingerprint density at radius 2 is 0.976 bits per heavy atom. The van der Waals surface area contributed by atoms with Gasteiger partial charge in [0.2, 0.25) is 0 Å². The second-order valence-corrected chi connectivity index (χ2v) is 15.0. The molecule has 0 aromatic heterocycles. The minimum atomic E-state index is -1.90. The van der Waals surface area contributed by atoms with Crippen LogP contribution in [0.2, 0.25) is 0 Å². The summed E-state index contributed by atoms with van der Waals surface area (Å²) in [6.07, 6.45) is 9.55.